The second kappa shape index (κ2) is 9.63. The third kappa shape index (κ3) is 4.68. The SMILES string of the molecule is COc1cc(-c2nc(SC)[nH]c(=O)c2C#N)c(Cl)cc1OCc1ccc(Cl)cc1Cl. The Balaban J connectivity index is 2.02. The van der Waals surface area contributed by atoms with Gasteiger partial charge in [-0.1, -0.05) is 52.6 Å². The van der Waals surface area contributed by atoms with Crippen molar-refractivity contribution in [1.29, 1.82) is 5.26 Å². The van der Waals surface area contributed by atoms with Crippen molar-refractivity contribution in [2.75, 3.05) is 13.4 Å². The summed E-state index contributed by atoms with van der Waals surface area (Å²) in [7, 11) is 1.47. The first-order chi connectivity index (χ1) is 14.4. The van der Waals surface area contributed by atoms with Crippen molar-refractivity contribution in [2.45, 2.75) is 11.8 Å². The zero-order valence-corrected chi connectivity index (χ0v) is 18.8. The van der Waals surface area contributed by atoms with Crippen LogP contribution in [0.15, 0.2) is 40.3 Å². The minimum Gasteiger partial charge on any atom is -0.493 e. The number of thioether (sulfide) groups is 1. The highest BCUT2D eigenvalue weighted by atomic mass is 35.5. The monoisotopic (exact) mass is 481 g/mol. The predicted molar refractivity (Wildman–Crippen MR) is 119 cm³/mol. The van der Waals surface area contributed by atoms with Crippen LogP contribution in [0.5, 0.6) is 11.5 Å². The Morgan fingerprint density at radius 2 is 1.93 bits per heavy atom. The minimum atomic E-state index is -0.542. The van der Waals surface area contributed by atoms with E-state index < -0.39 is 5.56 Å². The van der Waals surface area contributed by atoms with Gasteiger partial charge in [0.15, 0.2) is 16.7 Å². The molecule has 3 rings (SSSR count). The third-order valence-corrected chi connectivity index (χ3v) is 5.59. The van der Waals surface area contributed by atoms with E-state index in [4.69, 9.17) is 44.3 Å². The fraction of sp³-hybridized carbons (Fsp3) is 0.150. The Hall–Kier alpha value is -2.37. The van der Waals surface area contributed by atoms with Gasteiger partial charge in [-0.25, -0.2) is 4.98 Å². The second-order valence-electron chi connectivity index (χ2n) is 5.92. The van der Waals surface area contributed by atoms with Crippen LogP contribution < -0.4 is 15.0 Å². The van der Waals surface area contributed by atoms with Crippen molar-refractivity contribution in [3.05, 3.63) is 66.9 Å². The number of halogens is 3. The molecule has 0 radical (unpaired) electrons. The maximum absolute atomic E-state index is 12.2. The molecule has 0 spiro atoms. The summed E-state index contributed by atoms with van der Waals surface area (Å²) in [5, 5.41) is 11.0. The molecular weight excluding hydrogens is 469 g/mol. The first-order valence-corrected chi connectivity index (χ1v) is 10.8. The van der Waals surface area contributed by atoms with E-state index in [2.05, 4.69) is 9.97 Å². The molecule has 10 heteroatoms. The van der Waals surface area contributed by atoms with E-state index >= 15 is 0 Å². The molecule has 3 aromatic rings. The lowest BCUT2D eigenvalue weighted by Gasteiger charge is -2.15. The normalized spacial score (nSPS) is 10.5. The molecule has 0 unspecified atom stereocenters. The molecule has 0 fully saturated rings. The van der Waals surface area contributed by atoms with E-state index in [0.29, 0.717) is 32.3 Å². The number of rotatable bonds is 6. The number of nitriles is 1. The lowest BCUT2D eigenvalue weighted by molar-refractivity contribution is 0.284. The molecule has 1 heterocycles. The Bertz CT molecular complexity index is 1210. The Labute approximate surface area is 191 Å². The number of nitrogens with zero attached hydrogens (tertiary/aromatic N) is 2. The molecule has 0 aliphatic heterocycles. The van der Waals surface area contributed by atoms with Crippen LogP contribution in [0.3, 0.4) is 0 Å². The molecule has 154 valence electrons. The van der Waals surface area contributed by atoms with Gasteiger partial charge < -0.3 is 14.5 Å². The van der Waals surface area contributed by atoms with Crippen LogP contribution in [-0.4, -0.2) is 23.3 Å². The summed E-state index contributed by atoms with van der Waals surface area (Å²) in [4.78, 5) is 19.1. The van der Waals surface area contributed by atoms with Gasteiger partial charge in [-0.3, -0.25) is 4.79 Å². The lowest BCUT2D eigenvalue weighted by Crippen LogP contribution is -2.14. The molecule has 2 aromatic carbocycles. The molecule has 0 atom stereocenters. The van der Waals surface area contributed by atoms with Gasteiger partial charge in [0.1, 0.15) is 18.2 Å². The highest BCUT2D eigenvalue weighted by Gasteiger charge is 2.19. The zero-order valence-electron chi connectivity index (χ0n) is 15.8. The van der Waals surface area contributed by atoms with Crippen LogP contribution >= 0.6 is 46.6 Å². The van der Waals surface area contributed by atoms with Gasteiger partial charge in [0, 0.05) is 27.2 Å². The number of benzene rings is 2. The molecule has 1 aromatic heterocycles. The largest absolute Gasteiger partial charge is 0.493 e. The summed E-state index contributed by atoms with van der Waals surface area (Å²) in [5.74, 6) is 0.724. The van der Waals surface area contributed by atoms with E-state index in [1.165, 1.54) is 18.9 Å². The minimum absolute atomic E-state index is 0.140. The summed E-state index contributed by atoms with van der Waals surface area (Å²) in [6, 6.07) is 10.1. The number of hydrogen-bond donors (Lipinski definition) is 1. The maximum atomic E-state index is 12.2. The lowest BCUT2D eigenvalue weighted by atomic mass is 10.1. The van der Waals surface area contributed by atoms with Crippen LogP contribution in [0.4, 0.5) is 0 Å². The van der Waals surface area contributed by atoms with Crippen molar-refractivity contribution in [1.82, 2.24) is 9.97 Å². The van der Waals surface area contributed by atoms with Crippen molar-refractivity contribution in [3.8, 4) is 28.8 Å². The van der Waals surface area contributed by atoms with Gasteiger partial charge in [-0.2, -0.15) is 5.26 Å². The highest BCUT2D eigenvalue weighted by Crippen LogP contribution is 2.39. The molecule has 0 aliphatic rings. The Morgan fingerprint density at radius 1 is 1.17 bits per heavy atom. The number of H-pyrrole nitrogens is 1. The molecule has 0 saturated carbocycles. The molecule has 6 nitrogen and oxygen atoms in total. The summed E-state index contributed by atoms with van der Waals surface area (Å²) in [6.07, 6.45) is 1.76. The average Bonchev–Trinajstić information content (AvgIpc) is 2.72. The van der Waals surface area contributed by atoms with Crippen molar-refractivity contribution >= 4 is 46.6 Å². The van der Waals surface area contributed by atoms with Crippen LogP contribution in [0.25, 0.3) is 11.3 Å². The quantitative estimate of drug-likeness (QED) is 0.364. The Kier molecular flexibility index (Phi) is 7.16. The number of ether oxygens (including phenoxy) is 2. The van der Waals surface area contributed by atoms with Crippen LogP contribution in [0.2, 0.25) is 15.1 Å². The smallest absolute Gasteiger partial charge is 0.270 e. The fourth-order valence-corrected chi connectivity index (χ4v) is 3.71. The molecule has 0 saturated heterocycles. The van der Waals surface area contributed by atoms with E-state index in [9.17, 15) is 10.1 Å². The summed E-state index contributed by atoms with van der Waals surface area (Å²) in [6.45, 7) is 0.158. The van der Waals surface area contributed by atoms with Gasteiger partial charge in [-0.05, 0) is 24.5 Å². The van der Waals surface area contributed by atoms with Crippen LogP contribution in [-0.2, 0) is 6.61 Å². The van der Waals surface area contributed by atoms with Crippen molar-refractivity contribution in [3.63, 3.8) is 0 Å². The van der Waals surface area contributed by atoms with Gasteiger partial charge >= 0.3 is 0 Å². The molecular formula is C20H14Cl3N3O3S. The third-order valence-electron chi connectivity index (χ3n) is 4.11. The topological polar surface area (TPSA) is 88.0 Å². The molecule has 0 bridgehead atoms. The van der Waals surface area contributed by atoms with E-state index in [1.807, 2.05) is 6.07 Å². The van der Waals surface area contributed by atoms with Gasteiger partial charge in [0.2, 0.25) is 0 Å². The van der Waals surface area contributed by atoms with E-state index in [-0.39, 0.29) is 22.9 Å². The van der Waals surface area contributed by atoms with E-state index in [0.717, 1.165) is 5.56 Å². The summed E-state index contributed by atoms with van der Waals surface area (Å²) in [5.41, 5.74) is 0.596. The van der Waals surface area contributed by atoms with Crippen LogP contribution in [0.1, 0.15) is 11.1 Å². The standard InChI is InChI=1S/C20H14Cl3N3O3S/c1-28-16-6-12(18-13(8-24)19(27)26-20(25-18)30-2)15(23)7-17(16)29-9-10-3-4-11(21)5-14(10)22/h3-7H,9H2,1-2H3,(H,25,26,27). The zero-order chi connectivity index (χ0) is 21.8. The average molecular weight is 483 g/mol. The van der Waals surface area contributed by atoms with Gasteiger partial charge in [0.25, 0.3) is 5.56 Å². The molecule has 30 heavy (non-hydrogen) atoms. The van der Waals surface area contributed by atoms with Crippen molar-refractivity contribution in [2.24, 2.45) is 0 Å². The van der Waals surface area contributed by atoms with E-state index in [1.54, 1.807) is 36.6 Å². The number of aromatic nitrogens is 2. The maximum Gasteiger partial charge on any atom is 0.270 e. The first-order valence-electron chi connectivity index (χ1n) is 8.41. The number of nitrogens with one attached hydrogen (secondary N) is 1. The van der Waals surface area contributed by atoms with Crippen LogP contribution in [0, 0.1) is 11.3 Å². The number of methoxy groups -OCH3 is 1. The summed E-state index contributed by atoms with van der Waals surface area (Å²) >= 11 is 19.8. The fourth-order valence-electron chi connectivity index (χ4n) is 2.63. The Morgan fingerprint density at radius 3 is 2.57 bits per heavy atom. The van der Waals surface area contributed by atoms with Gasteiger partial charge in [0.05, 0.1) is 17.8 Å². The predicted octanol–water partition coefficient (Wildman–Crippen LogP) is 5.58. The van der Waals surface area contributed by atoms with Gasteiger partial charge in [-0.15, -0.1) is 0 Å². The number of aromatic amines is 1. The molecule has 1 N–H and O–H groups in total. The molecule has 0 aliphatic carbocycles. The first kappa shape index (κ1) is 22.3. The highest BCUT2D eigenvalue weighted by molar-refractivity contribution is 7.98. The second-order valence-corrected chi connectivity index (χ2v) is 7.96. The van der Waals surface area contributed by atoms with Crippen molar-refractivity contribution < 1.29 is 9.47 Å². The number of hydrogen-bond acceptors (Lipinski definition) is 6. The summed E-state index contributed by atoms with van der Waals surface area (Å²) < 4.78 is 11.3. The molecule has 0 amide bonds.